The maximum atomic E-state index is 3.63. The number of halogens is 1. The molecule has 1 unspecified atom stereocenters. The van der Waals surface area contributed by atoms with Crippen LogP contribution in [0, 0.1) is 0 Å². The van der Waals surface area contributed by atoms with Crippen molar-refractivity contribution in [1.29, 1.82) is 0 Å². The highest BCUT2D eigenvalue weighted by Crippen LogP contribution is 2.24. The summed E-state index contributed by atoms with van der Waals surface area (Å²) in [5.41, 5.74) is 2.98. The van der Waals surface area contributed by atoms with Gasteiger partial charge in [0.2, 0.25) is 0 Å². The number of likely N-dealkylation sites (N-methyl/N-ethyl adjacent to an activating group) is 1. The summed E-state index contributed by atoms with van der Waals surface area (Å²) in [6, 6.07) is 9.01. The van der Waals surface area contributed by atoms with Gasteiger partial charge in [-0.25, -0.2) is 0 Å². The molecule has 1 aliphatic rings. The third-order valence-corrected chi connectivity index (χ3v) is 4.28. The topological polar surface area (TPSA) is 12.0 Å². The molecule has 0 fully saturated rings. The second-order valence-electron chi connectivity index (χ2n) is 4.66. The van der Waals surface area contributed by atoms with Crippen molar-refractivity contribution in [3.8, 4) is 0 Å². The Bertz CT molecular complexity index is 398. The molecule has 0 amide bonds. The van der Waals surface area contributed by atoms with Crippen LogP contribution in [0.4, 0.5) is 0 Å². The summed E-state index contributed by atoms with van der Waals surface area (Å²) in [6.07, 6.45) is 8.72. The lowest BCUT2D eigenvalue weighted by atomic mass is 9.90. The summed E-state index contributed by atoms with van der Waals surface area (Å²) >= 11 is 3.63. The largest absolute Gasteiger partial charge is 0.313 e. The number of rotatable bonds is 4. The van der Waals surface area contributed by atoms with Crippen molar-refractivity contribution in [2.24, 2.45) is 0 Å². The minimum absolute atomic E-state index is 0.494. The molecule has 0 aromatic heterocycles. The van der Waals surface area contributed by atoms with E-state index < -0.39 is 0 Å². The van der Waals surface area contributed by atoms with E-state index in [0.717, 1.165) is 6.42 Å². The van der Waals surface area contributed by atoms with Crippen molar-refractivity contribution < 1.29 is 0 Å². The van der Waals surface area contributed by atoms with E-state index in [9.17, 15) is 0 Å². The normalized spacial score (nSPS) is 17.6. The van der Waals surface area contributed by atoms with E-state index in [1.807, 2.05) is 0 Å². The number of benzene rings is 1. The van der Waals surface area contributed by atoms with Crippen molar-refractivity contribution in [2.75, 3.05) is 7.05 Å². The predicted molar refractivity (Wildman–Crippen MR) is 77.2 cm³/mol. The van der Waals surface area contributed by atoms with Crippen molar-refractivity contribution in [3.05, 3.63) is 46.0 Å². The van der Waals surface area contributed by atoms with Crippen LogP contribution in [0.3, 0.4) is 0 Å². The van der Waals surface area contributed by atoms with Gasteiger partial charge in [0.1, 0.15) is 0 Å². The first-order chi connectivity index (χ1) is 8.31. The minimum Gasteiger partial charge on any atom is -0.313 e. The summed E-state index contributed by atoms with van der Waals surface area (Å²) in [5, 5.41) is 3.46. The molecule has 0 saturated heterocycles. The predicted octanol–water partition coefficient (Wildman–Crippen LogP) is 4.08. The third-order valence-electron chi connectivity index (χ3n) is 3.50. The monoisotopic (exact) mass is 293 g/mol. The van der Waals surface area contributed by atoms with Crippen LogP contribution in [0.25, 0.3) is 0 Å². The highest BCUT2D eigenvalue weighted by Gasteiger charge is 2.15. The lowest BCUT2D eigenvalue weighted by Crippen LogP contribution is -2.30. The third kappa shape index (κ3) is 3.43. The maximum absolute atomic E-state index is 3.63. The molecular formula is C15H20BrN. The first-order valence-corrected chi connectivity index (χ1v) is 7.20. The zero-order valence-electron chi connectivity index (χ0n) is 10.4. The molecule has 0 saturated carbocycles. The summed E-state index contributed by atoms with van der Waals surface area (Å²) in [7, 11) is 2.07. The Morgan fingerprint density at radius 1 is 1.29 bits per heavy atom. The maximum Gasteiger partial charge on any atom is 0.0317 e. The van der Waals surface area contributed by atoms with Crippen molar-refractivity contribution >= 4 is 15.9 Å². The number of hydrogen-bond donors (Lipinski definition) is 1. The van der Waals surface area contributed by atoms with Crippen LogP contribution < -0.4 is 5.32 Å². The summed E-state index contributed by atoms with van der Waals surface area (Å²) in [4.78, 5) is 0. The molecule has 92 valence electrons. The molecule has 2 rings (SSSR count). The Morgan fingerprint density at radius 2 is 2.12 bits per heavy atom. The van der Waals surface area contributed by atoms with E-state index in [4.69, 9.17) is 0 Å². The van der Waals surface area contributed by atoms with Gasteiger partial charge in [-0.05, 0) is 50.8 Å². The molecule has 0 heterocycles. The highest BCUT2D eigenvalue weighted by molar-refractivity contribution is 9.10. The molecule has 17 heavy (non-hydrogen) atoms. The van der Waals surface area contributed by atoms with E-state index in [1.54, 1.807) is 5.57 Å². The Labute approximate surface area is 112 Å². The average molecular weight is 294 g/mol. The van der Waals surface area contributed by atoms with Gasteiger partial charge >= 0.3 is 0 Å². The number of hydrogen-bond acceptors (Lipinski definition) is 1. The van der Waals surface area contributed by atoms with Gasteiger partial charge in [-0.1, -0.05) is 45.8 Å². The van der Waals surface area contributed by atoms with E-state index in [2.05, 4.69) is 58.6 Å². The summed E-state index contributed by atoms with van der Waals surface area (Å²) in [6.45, 7) is 0. The van der Waals surface area contributed by atoms with Crippen LogP contribution in [0.1, 0.15) is 31.2 Å². The van der Waals surface area contributed by atoms with Gasteiger partial charge in [-0.2, -0.15) is 0 Å². The molecule has 1 aliphatic carbocycles. The van der Waals surface area contributed by atoms with Crippen LogP contribution in [0.15, 0.2) is 40.4 Å². The average Bonchev–Trinajstić information content (AvgIpc) is 2.39. The van der Waals surface area contributed by atoms with Crippen molar-refractivity contribution in [3.63, 3.8) is 0 Å². The molecule has 0 spiro atoms. The van der Waals surface area contributed by atoms with E-state index in [-0.39, 0.29) is 0 Å². The van der Waals surface area contributed by atoms with Gasteiger partial charge in [-0.15, -0.1) is 0 Å². The molecular weight excluding hydrogens is 274 g/mol. The van der Waals surface area contributed by atoms with Crippen LogP contribution in [-0.2, 0) is 6.42 Å². The molecule has 1 nitrogen and oxygen atoms in total. The zero-order chi connectivity index (χ0) is 12.1. The molecule has 1 atom stereocenters. The van der Waals surface area contributed by atoms with Gasteiger partial charge in [0.25, 0.3) is 0 Å². The Hall–Kier alpha value is -0.600. The van der Waals surface area contributed by atoms with Crippen LogP contribution in [-0.4, -0.2) is 13.1 Å². The van der Waals surface area contributed by atoms with Gasteiger partial charge in [0.15, 0.2) is 0 Å². The van der Waals surface area contributed by atoms with Crippen molar-refractivity contribution in [2.45, 2.75) is 38.1 Å². The zero-order valence-corrected chi connectivity index (χ0v) is 12.0. The Morgan fingerprint density at radius 3 is 2.76 bits per heavy atom. The smallest absolute Gasteiger partial charge is 0.0317 e. The van der Waals surface area contributed by atoms with Crippen molar-refractivity contribution in [1.82, 2.24) is 5.32 Å². The fourth-order valence-corrected chi connectivity index (χ4v) is 2.93. The lowest BCUT2D eigenvalue weighted by Gasteiger charge is -2.23. The van der Waals surface area contributed by atoms with Gasteiger partial charge in [0, 0.05) is 10.5 Å². The quantitative estimate of drug-likeness (QED) is 0.825. The number of nitrogens with one attached hydrogen (secondary N) is 1. The van der Waals surface area contributed by atoms with Crippen LogP contribution >= 0.6 is 15.9 Å². The standard InChI is InChI=1S/C15H20BrN/c1-17-15(12-7-3-2-4-8-12)11-13-9-5-6-10-14(13)16/h5-7,9-10,15,17H,2-4,8,11H2,1H3. The molecule has 0 aliphatic heterocycles. The molecule has 0 bridgehead atoms. The fraction of sp³-hybridized carbons (Fsp3) is 0.467. The molecule has 2 heteroatoms. The Balaban J connectivity index is 2.09. The van der Waals surface area contributed by atoms with Crippen LogP contribution in [0.5, 0.6) is 0 Å². The van der Waals surface area contributed by atoms with Gasteiger partial charge in [-0.3, -0.25) is 0 Å². The second-order valence-corrected chi connectivity index (χ2v) is 5.52. The lowest BCUT2D eigenvalue weighted by molar-refractivity contribution is 0.568. The molecule has 0 radical (unpaired) electrons. The van der Waals surface area contributed by atoms with Gasteiger partial charge < -0.3 is 5.32 Å². The molecule has 1 N–H and O–H groups in total. The highest BCUT2D eigenvalue weighted by atomic mass is 79.9. The number of allylic oxidation sites excluding steroid dienone is 1. The first-order valence-electron chi connectivity index (χ1n) is 6.41. The minimum atomic E-state index is 0.494. The molecule has 1 aromatic carbocycles. The van der Waals surface area contributed by atoms with E-state index in [0.29, 0.717) is 6.04 Å². The Kier molecular flexibility index (Phi) is 4.81. The summed E-state index contributed by atoms with van der Waals surface area (Å²) in [5.74, 6) is 0. The molecule has 1 aromatic rings. The van der Waals surface area contributed by atoms with E-state index >= 15 is 0 Å². The second kappa shape index (κ2) is 6.36. The summed E-state index contributed by atoms with van der Waals surface area (Å²) < 4.78 is 1.22. The first kappa shape index (κ1) is 12.8. The fourth-order valence-electron chi connectivity index (χ4n) is 2.48. The SMILES string of the molecule is CNC(Cc1ccccc1Br)C1=CCCCC1. The van der Waals surface area contributed by atoms with Crippen LogP contribution in [0.2, 0.25) is 0 Å². The van der Waals surface area contributed by atoms with Gasteiger partial charge in [0.05, 0.1) is 0 Å². The van der Waals surface area contributed by atoms with E-state index in [1.165, 1.54) is 35.7 Å².